The number of carbonyl (C=O) groups excluding carboxylic acids is 1. The Morgan fingerprint density at radius 3 is 3.15 bits per heavy atom. The van der Waals surface area contributed by atoms with Crippen LogP contribution < -0.4 is 5.32 Å². The lowest BCUT2D eigenvalue weighted by Gasteiger charge is -2.20. The van der Waals surface area contributed by atoms with E-state index in [0.717, 1.165) is 23.5 Å². The van der Waals surface area contributed by atoms with Crippen LogP contribution in [0.25, 0.3) is 5.00 Å². The predicted octanol–water partition coefficient (Wildman–Crippen LogP) is 2.87. The predicted molar refractivity (Wildman–Crippen MR) is 79.4 cm³/mol. The molecular formula is C15H18N2O2S. The molecule has 0 radical (unpaired) electrons. The number of carbonyl (C=O) groups is 1. The van der Waals surface area contributed by atoms with Crippen LogP contribution in [-0.2, 0) is 0 Å². The minimum Gasteiger partial charge on any atom is -0.393 e. The Labute approximate surface area is 122 Å². The van der Waals surface area contributed by atoms with E-state index in [2.05, 4.69) is 16.8 Å². The highest BCUT2D eigenvalue weighted by Gasteiger charge is 2.28. The zero-order valence-electron chi connectivity index (χ0n) is 11.4. The molecule has 2 N–H and O–H groups in total. The zero-order chi connectivity index (χ0) is 14.1. The monoisotopic (exact) mass is 290 g/mol. The molecule has 5 heteroatoms. The number of amides is 1. The van der Waals surface area contributed by atoms with Crippen LogP contribution in [0.5, 0.6) is 0 Å². The molecule has 0 saturated carbocycles. The SMILES string of the molecule is CCCC(O)CC1NC(=O)c2ccsc2-n2cccc21. The average Bonchev–Trinajstić information content (AvgIpc) is 3.04. The molecule has 0 aliphatic carbocycles. The summed E-state index contributed by atoms with van der Waals surface area (Å²) < 4.78 is 2.06. The fourth-order valence-corrected chi connectivity index (χ4v) is 3.64. The molecule has 0 aromatic carbocycles. The Morgan fingerprint density at radius 2 is 2.35 bits per heavy atom. The summed E-state index contributed by atoms with van der Waals surface area (Å²) in [6.45, 7) is 2.05. The molecule has 4 nitrogen and oxygen atoms in total. The molecule has 2 atom stereocenters. The van der Waals surface area contributed by atoms with Gasteiger partial charge in [0.1, 0.15) is 5.00 Å². The first-order valence-corrected chi connectivity index (χ1v) is 7.82. The summed E-state index contributed by atoms with van der Waals surface area (Å²) >= 11 is 1.56. The second-order valence-electron chi connectivity index (χ2n) is 5.15. The van der Waals surface area contributed by atoms with Crippen LogP contribution in [0.3, 0.4) is 0 Å². The van der Waals surface area contributed by atoms with E-state index in [4.69, 9.17) is 0 Å². The van der Waals surface area contributed by atoms with Crippen molar-refractivity contribution in [3.05, 3.63) is 41.0 Å². The summed E-state index contributed by atoms with van der Waals surface area (Å²) in [5, 5.41) is 16.0. The van der Waals surface area contributed by atoms with Crippen molar-refractivity contribution in [1.82, 2.24) is 9.88 Å². The van der Waals surface area contributed by atoms with Crippen molar-refractivity contribution < 1.29 is 9.90 Å². The molecule has 106 valence electrons. The number of rotatable bonds is 4. The van der Waals surface area contributed by atoms with Crippen LogP contribution in [0.4, 0.5) is 0 Å². The minimum atomic E-state index is -0.384. The highest BCUT2D eigenvalue weighted by molar-refractivity contribution is 7.13. The van der Waals surface area contributed by atoms with E-state index < -0.39 is 0 Å². The van der Waals surface area contributed by atoms with Gasteiger partial charge in [0.25, 0.3) is 5.91 Å². The third-order valence-corrected chi connectivity index (χ3v) is 4.59. The van der Waals surface area contributed by atoms with Crippen LogP contribution in [0.2, 0.25) is 0 Å². The maximum Gasteiger partial charge on any atom is 0.254 e. The smallest absolute Gasteiger partial charge is 0.254 e. The molecule has 1 aliphatic heterocycles. The van der Waals surface area contributed by atoms with Gasteiger partial charge in [-0.1, -0.05) is 13.3 Å². The molecule has 0 fully saturated rings. The molecule has 3 heterocycles. The Morgan fingerprint density at radius 1 is 1.50 bits per heavy atom. The summed E-state index contributed by atoms with van der Waals surface area (Å²) in [6.07, 6.45) is 3.85. The lowest BCUT2D eigenvalue weighted by atomic mass is 10.0. The van der Waals surface area contributed by atoms with Crippen LogP contribution in [0.1, 0.15) is 48.3 Å². The second kappa shape index (κ2) is 5.42. The van der Waals surface area contributed by atoms with E-state index in [-0.39, 0.29) is 18.1 Å². The van der Waals surface area contributed by atoms with Gasteiger partial charge in [-0.2, -0.15) is 0 Å². The molecule has 20 heavy (non-hydrogen) atoms. The number of aromatic nitrogens is 1. The molecule has 3 rings (SSSR count). The van der Waals surface area contributed by atoms with Gasteiger partial charge in [0.2, 0.25) is 0 Å². The van der Waals surface area contributed by atoms with E-state index in [0.29, 0.717) is 12.0 Å². The van der Waals surface area contributed by atoms with Gasteiger partial charge in [0.15, 0.2) is 0 Å². The number of fused-ring (bicyclic) bond motifs is 3. The van der Waals surface area contributed by atoms with Crippen molar-refractivity contribution in [2.24, 2.45) is 0 Å². The number of thiophene rings is 1. The van der Waals surface area contributed by atoms with Crippen LogP contribution in [-0.4, -0.2) is 21.7 Å². The number of nitrogens with zero attached hydrogens (tertiary/aromatic N) is 1. The van der Waals surface area contributed by atoms with Crippen LogP contribution >= 0.6 is 11.3 Å². The van der Waals surface area contributed by atoms with Gasteiger partial charge in [0, 0.05) is 11.9 Å². The molecule has 0 spiro atoms. The summed E-state index contributed by atoms with van der Waals surface area (Å²) in [7, 11) is 0. The lowest BCUT2D eigenvalue weighted by molar-refractivity contribution is 0.0907. The number of nitrogens with one attached hydrogen (secondary N) is 1. The van der Waals surface area contributed by atoms with Crippen LogP contribution in [0.15, 0.2) is 29.8 Å². The van der Waals surface area contributed by atoms with Crippen LogP contribution in [0, 0.1) is 0 Å². The second-order valence-corrected chi connectivity index (χ2v) is 6.04. The molecule has 1 aliphatic rings. The normalized spacial score (nSPS) is 18.9. The summed E-state index contributed by atoms with van der Waals surface area (Å²) in [5.41, 5.74) is 1.75. The molecule has 0 saturated heterocycles. The van der Waals surface area contributed by atoms with E-state index in [1.54, 1.807) is 11.3 Å². The van der Waals surface area contributed by atoms with Crippen molar-refractivity contribution in [1.29, 1.82) is 0 Å². The largest absolute Gasteiger partial charge is 0.393 e. The summed E-state index contributed by atoms with van der Waals surface area (Å²) in [4.78, 5) is 12.3. The quantitative estimate of drug-likeness (QED) is 0.909. The fourth-order valence-electron chi connectivity index (χ4n) is 2.74. The first-order chi connectivity index (χ1) is 9.70. The molecule has 0 bridgehead atoms. The van der Waals surface area contributed by atoms with Crippen molar-refractivity contribution in [3.63, 3.8) is 0 Å². The van der Waals surface area contributed by atoms with Gasteiger partial charge in [-0.15, -0.1) is 11.3 Å². The molecular weight excluding hydrogens is 272 g/mol. The summed E-state index contributed by atoms with van der Waals surface area (Å²) in [5.74, 6) is -0.0568. The van der Waals surface area contributed by atoms with Gasteiger partial charge >= 0.3 is 0 Å². The maximum atomic E-state index is 12.3. The van der Waals surface area contributed by atoms with Gasteiger partial charge < -0.3 is 15.0 Å². The van der Waals surface area contributed by atoms with Crippen molar-refractivity contribution in [3.8, 4) is 5.00 Å². The fraction of sp³-hybridized carbons (Fsp3) is 0.400. The Balaban J connectivity index is 1.96. The lowest BCUT2D eigenvalue weighted by Crippen LogP contribution is -2.30. The Bertz CT molecular complexity index is 617. The summed E-state index contributed by atoms with van der Waals surface area (Å²) in [6, 6.07) is 5.71. The highest BCUT2D eigenvalue weighted by Crippen LogP contribution is 2.32. The molecule has 2 aromatic rings. The molecule has 2 unspecified atom stereocenters. The number of aliphatic hydroxyl groups excluding tert-OH is 1. The van der Waals surface area contributed by atoms with Crippen molar-refractivity contribution in [2.75, 3.05) is 0 Å². The van der Waals surface area contributed by atoms with Gasteiger partial charge in [-0.05, 0) is 36.4 Å². The first kappa shape index (κ1) is 13.4. The van der Waals surface area contributed by atoms with Gasteiger partial charge in [-0.25, -0.2) is 0 Å². The first-order valence-electron chi connectivity index (χ1n) is 6.94. The van der Waals surface area contributed by atoms with E-state index in [1.165, 1.54) is 0 Å². The Kier molecular flexibility index (Phi) is 3.63. The Hall–Kier alpha value is -1.59. The molecule has 1 amide bonds. The minimum absolute atomic E-state index is 0.0568. The van der Waals surface area contributed by atoms with Crippen molar-refractivity contribution >= 4 is 17.2 Å². The van der Waals surface area contributed by atoms with Gasteiger partial charge in [-0.3, -0.25) is 4.79 Å². The standard InChI is InChI=1S/C15H18N2O2S/c1-2-4-10(18)9-12-13-5-3-7-17(13)15-11(6-8-20-15)14(19)16-12/h3,5-8,10,12,18H,2,4,9H2,1H3,(H,16,19). The van der Waals surface area contributed by atoms with E-state index in [1.807, 2.05) is 29.8 Å². The third-order valence-electron chi connectivity index (χ3n) is 3.68. The van der Waals surface area contributed by atoms with E-state index >= 15 is 0 Å². The van der Waals surface area contributed by atoms with E-state index in [9.17, 15) is 9.90 Å². The molecule has 2 aromatic heterocycles. The van der Waals surface area contributed by atoms with Crippen molar-refractivity contribution in [2.45, 2.75) is 38.3 Å². The zero-order valence-corrected chi connectivity index (χ0v) is 12.2. The maximum absolute atomic E-state index is 12.3. The highest BCUT2D eigenvalue weighted by atomic mass is 32.1. The third kappa shape index (κ3) is 2.27. The number of aliphatic hydroxyl groups is 1. The average molecular weight is 290 g/mol. The number of hydrogen-bond donors (Lipinski definition) is 2. The number of hydrogen-bond acceptors (Lipinski definition) is 3. The van der Waals surface area contributed by atoms with Gasteiger partial charge in [0.05, 0.1) is 17.7 Å². The topological polar surface area (TPSA) is 54.3 Å².